The first-order valence-electron chi connectivity index (χ1n) is 11.0. The molecule has 3 aromatic carbocycles. The van der Waals surface area contributed by atoms with E-state index in [-0.39, 0.29) is 17.9 Å². The highest BCUT2D eigenvalue weighted by molar-refractivity contribution is 5.94. The SMILES string of the molecule is COc1ccc([C@H]2c3c(C)nn(-c4ccccc4)c3NC[C@@H]2NC(=O)c2ccccc2)cc1. The van der Waals surface area contributed by atoms with Crippen LogP contribution in [0.25, 0.3) is 5.69 Å². The molecule has 6 heteroatoms. The van der Waals surface area contributed by atoms with E-state index in [1.165, 1.54) is 0 Å². The molecule has 0 radical (unpaired) electrons. The molecule has 0 saturated heterocycles. The number of fused-ring (bicyclic) bond motifs is 1. The van der Waals surface area contributed by atoms with Crippen molar-refractivity contribution in [2.45, 2.75) is 18.9 Å². The number of nitrogens with zero attached hydrogens (tertiary/aromatic N) is 2. The fourth-order valence-electron chi connectivity index (χ4n) is 4.55. The second-order valence-electron chi connectivity index (χ2n) is 8.17. The van der Waals surface area contributed by atoms with Crippen molar-refractivity contribution in [2.75, 3.05) is 19.0 Å². The van der Waals surface area contributed by atoms with Crippen molar-refractivity contribution < 1.29 is 9.53 Å². The molecule has 0 fully saturated rings. The number of para-hydroxylation sites is 1. The summed E-state index contributed by atoms with van der Waals surface area (Å²) < 4.78 is 7.32. The molecule has 33 heavy (non-hydrogen) atoms. The fraction of sp³-hybridized carbons (Fsp3) is 0.185. The van der Waals surface area contributed by atoms with Crippen LogP contribution in [0.5, 0.6) is 5.75 Å². The van der Waals surface area contributed by atoms with Gasteiger partial charge in [-0.15, -0.1) is 0 Å². The van der Waals surface area contributed by atoms with Gasteiger partial charge in [-0.2, -0.15) is 5.10 Å². The number of aryl methyl sites for hydroxylation is 1. The molecule has 2 heterocycles. The molecule has 1 aliphatic heterocycles. The topological polar surface area (TPSA) is 68.2 Å². The molecular weight excluding hydrogens is 412 g/mol. The molecule has 1 aromatic heterocycles. The van der Waals surface area contributed by atoms with Gasteiger partial charge in [-0.1, -0.05) is 48.5 Å². The Kier molecular flexibility index (Phi) is 5.57. The summed E-state index contributed by atoms with van der Waals surface area (Å²) in [4.78, 5) is 13.0. The molecule has 1 aliphatic rings. The van der Waals surface area contributed by atoms with Crippen molar-refractivity contribution in [1.29, 1.82) is 0 Å². The van der Waals surface area contributed by atoms with Crippen LogP contribution in [0.1, 0.15) is 33.1 Å². The maximum Gasteiger partial charge on any atom is 0.251 e. The van der Waals surface area contributed by atoms with Crippen LogP contribution in [0.15, 0.2) is 84.9 Å². The van der Waals surface area contributed by atoms with E-state index >= 15 is 0 Å². The van der Waals surface area contributed by atoms with Crippen LogP contribution in [0.3, 0.4) is 0 Å². The summed E-state index contributed by atoms with van der Waals surface area (Å²) in [6, 6.07) is 27.3. The van der Waals surface area contributed by atoms with Crippen LogP contribution in [-0.2, 0) is 0 Å². The van der Waals surface area contributed by atoms with Crippen molar-refractivity contribution >= 4 is 11.7 Å². The number of ether oxygens (including phenoxy) is 1. The Morgan fingerprint density at radius 2 is 1.67 bits per heavy atom. The first kappa shape index (κ1) is 20.8. The highest BCUT2D eigenvalue weighted by atomic mass is 16.5. The van der Waals surface area contributed by atoms with Gasteiger partial charge < -0.3 is 15.4 Å². The van der Waals surface area contributed by atoms with Crippen molar-refractivity contribution in [3.63, 3.8) is 0 Å². The molecule has 1 amide bonds. The lowest BCUT2D eigenvalue weighted by Gasteiger charge is -2.34. The lowest BCUT2D eigenvalue weighted by Crippen LogP contribution is -2.47. The van der Waals surface area contributed by atoms with E-state index in [0.717, 1.165) is 34.1 Å². The third kappa shape index (κ3) is 3.96. The largest absolute Gasteiger partial charge is 0.497 e. The molecule has 4 aromatic rings. The van der Waals surface area contributed by atoms with Gasteiger partial charge in [0.05, 0.1) is 24.5 Å². The Morgan fingerprint density at radius 1 is 1.00 bits per heavy atom. The number of hydrogen-bond acceptors (Lipinski definition) is 4. The Balaban J connectivity index is 1.57. The lowest BCUT2D eigenvalue weighted by molar-refractivity contribution is 0.0935. The maximum absolute atomic E-state index is 13.0. The average molecular weight is 439 g/mol. The monoisotopic (exact) mass is 438 g/mol. The number of nitrogens with one attached hydrogen (secondary N) is 2. The number of aromatic nitrogens is 2. The molecule has 2 N–H and O–H groups in total. The zero-order valence-corrected chi connectivity index (χ0v) is 18.7. The third-order valence-corrected chi connectivity index (χ3v) is 6.14. The van der Waals surface area contributed by atoms with E-state index in [0.29, 0.717) is 12.1 Å². The first-order valence-corrected chi connectivity index (χ1v) is 11.0. The summed E-state index contributed by atoms with van der Waals surface area (Å²) in [5, 5.41) is 11.7. The zero-order chi connectivity index (χ0) is 22.8. The Labute approximate surface area is 193 Å². The van der Waals surface area contributed by atoms with Gasteiger partial charge in [0.1, 0.15) is 11.6 Å². The van der Waals surface area contributed by atoms with E-state index in [9.17, 15) is 4.79 Å². The Hall–Kier alpha value is -4.06. The molecule has 5 rings (SSSR count). The highest BCUT2D eigenvalue weighted by Gasteiger charge is 2.36. The molecular formula is C27H26N4O2. The number of amides is 1. The first-order chi connectivity index (χ1) is 16.2. The van der Waals surface area contributed by atoms with Gasteiger partial charge >= 0.3 is 0 Å². The lowest BCUT2D eigenvalue weighted by atomic mass is 9.82. The number of carbonyl (C=O) groups is 1. The van der Waals surface area contributed by atoms with Gasteiger partial charge in [-0.25, -0.2) is 4.68 Å². The molecule has 0 aliphatic carbocycles. The fourth-order valence-corrected chi connectivity index (χ4v) is 4.55. The van der Waals surface area contributed by atoms with E-state index in [1.807, 2.05) is 84.4 Å². The van der Waals surface area contributed by atoms with Crippen LogP contribution < -0.4 is 15.4 Å². The molecule has 166 valence electrons. The van der Waals surface area contributed by atoms with Crippen molar-refractivity contribution in [3.05, 3.63) is 107 Å². The number of carbonyl (C=O) groups excluding carboxylic acids is 1. The maximum atomic E-state index is 13.0. The van der Waals surface area contributed by atoms with Gasteiger partial charge in [0.2, 0.25) is 0 Å². The number of methoxy groups -OCH3 is 1. The Morgan fingerprint density at radius 3 is 2.33 bits per heavy atom. The minimum absolute atomic E-state index is 0.0581. The summed E-state index contributed by atoms with van der Waals surface area (Å²) in [7, 11) is 1.66. The number of benzene rings is 3. The van der Waals surface area contributed by atoms with Crippen molar-refractivity contribution in [2.24, 2.45) is 0 Å². The number of hydrogen-bond donors (Lipinski definition) is 2. The highest BCUT2D eigenvalue weighted by Crippen LogP contribution is 2.40. The van der Waals surface area contributed by atoms with Crippen LogP contribution in [0.4, 0.5) is 5.82 Å². The predicted octanol–water partition coefficient (Wildman–Crippen LogP) is 4.55. The molecule has 0 bridgehead atoms. The van der Waals surface area contributed by atoms with Gasteiger partial charge in [0.25, 0.3) is 5.91 Å². The minimum Gasteiger partial charge on any atom is -0.497 e. The van der Waals surface area contributed by atoms with Crippen molar-refractivity contribution in [3.8, 4) is 11.4 Å². The van der Waals surface area contributed by atoms with Crippen LogP contribution in [0, 0.1) is 6.92 Å². The second-order valence-corrected chi connectivity index (χ2v) is 8.17. The zero-order valence-electron chi connectivity index (χ0n) is 18.7. The van der Waals surface area contributed by atoms with E-state index < -0.39 is 0 Å². The van der Waals surface area contributed by atoms with Crippen LogP contribution in [0.2, 0.25) is 0 Å². The molecule has 2 atom stereocenters. The van der Waals surface area contributed by atoms with Crippen molar-refractivity contribution in [1.82, 2.24) is 15.1 Å². The van der Waals surface area contributed by atoms with E-state index in [1.54, 1.807) is 7.11 Å². The standard InChI is InChI=1S/C27H26N4O2/c1-18-24-25(19-13-15-22(33-2)16-14-19)23(29-27(32)20-9-5-3-6-10-20)17-28-26(24)31(30-18)21-11-7-4-8-12-21/h3-16,23,25,28H,17H2,1-2H3,(H,29,32)/t23-,25+/m0/s1. The summed E-state index contributed by atoms with van der Waals surface area (Å²) in [6.07, 6.45) is 0. The smallest absolute Gasteiger partial charge is 0.251 e. The second kappa shape index (κ2) is 8.82. The minimum atomic E-state index is -0.147. The average Bonchev–Trinajstić information content (AvgIpc) is 3.21. The molecule has 0 spiro atoms. The van der Waals surface area contributed by atoms with Gasteiger partial charge in [0.15, 0.2) is 0 Å². The Bertz CT molecular complexity index is 1250. The van der Waals surface area contributed by atoms with E-state index in [4.69, 9.17) is 9.84 Å². The van der Waals surface area contributed by atoms with Gasteiger partial charge in [-0.05, 0) is 48.9 Å². The predicted molar refractivity (Wildman–Crippen MR) is 129 cm³/mol. The summed E-state index contributed by atoms with van der Waals surface area (Å²) in [6.45, 7) is 2.61. The van der Waals surface area contributed by atoms with Gasteiger partial charge in [0, 0.05) is 23.6 Å². The quantitative estimate of drug-likeness (QED) is 0.480. The summed E-state index contributed by atoms with van der Waals surface area (Å²) in [5.41, 5.74) is 4.77. The third-order valence-electron chi connectivity index (χ3n) is 6.14. The number of anilines is 1. The normalized spacial score (nSPS) is 17.0. The summed E-state index contributed by atoms with van der Waals surface area (Å²) >= 11 is 0. The summed E-state index contributed by atoms with van der Waals surface area (Å²) in [5.74, 6) is 1.62. The van der Waals surface area contributed by atoms with Crippen LogP contribution in [-0.4, -0.2) is 35.4 Å². The van der Waals surface area contributed by atoms with Gasteiger partial charge in [-0.3, -0.25) is 4.79 Å². The molecule has 0 unspecified atom stereocenters. The molecule has 0 saturated carbocycles. The van der Waals surface area contributed by atoms with Crippen LogP contribution >= 0.6 is 0 Å². The van der Waals surface area contributed by atoms with E-state index in [2.05, 4.69) is 22.8 Å². The number of rotatable bonds is 5. The molecule has 6 nitrogen and oxygen atoms in total.